The molecule has 0 saturated carbocycles. The minimum Gasteiger partial charge on any atom is -0.433 e. The summed E-state index contributed by atoms with van der Waals surface area (Å²) in [5.74, 6) is -0.439. The first-order chi connectivity index (χ1) is 7.13. The van der Waals surface area contributed by atoms with E-state index in [2.05, 4.69) is 9.73 Å². The number of hydroxylamine groups is 1. The van der Waals surface area contributed by atoms with Crippen LogP contribution in [0.1, 0.15) is 0 Å². The van der Waals surface area contributed by atoms with Gasteiger partial charge in [0.05, 0.1) is 0 Å². The number of halogens is 2. The molecular weight excluding hydrogens is 208 g/mol. The fraction of sp³-hybridized carbons (Fsp3) is 0.125. The number of para-hydroxylation sites is 2. The van der Waals surface area contributed by atoms with Gasteiger partial charge in [-0.3, -0.25) is 5.21 Å². The second kappa shape index (κ2) is 5.11. The number of alkyl halides is 2. The van der Waals surface area contributed by atoms with E-state index in [0.29, 0.717) is 0 Å². The standard InChI is InChI=1S/C8H9F2N3O2/c9-7(10)15-6-4-2-1-3-5(6)12-8(11)13-14/h1-4,7,14H,(H3,11,12,13). The Hall–Kier alpha value is -1.89. The zero-order chi connectivity index (χ0) is 11.3. The number of ether oxygens (including phenoxy) is 1. The molecule has 0 bridgehead atoms. The normalized spacial score (nSPS) is 11.6. The summed E-state index contributed by atoms with van der Waals surface area (Å²) in [6.07, 6.45) is 0. The number of nitrogens with one attached hydrogen (secondary N) is 1. The van der Waals surface area contributed by atoms with Crippen LogP contribution >= 0.6 is 0 Å². The lowest BCUT2D eigenvalue weighted by molar-refractivity contribution is -0.0494. The van der Waals surface area contributed by atoms with Gasteiger partial charge < -0.3 is 10.5 Å². The summed E-state index contributed by atoms with van der Waals surface area (Å²) >= 11 is 0. The highest BCUT2D eigenvalue weighted by molar-refractivity contribution is 5.80. The third kappa shape index (κ3) is 3.39. The predicted octanol–water partition coefficient (Wildman–Crippen LogP) is 1.21. The van der Waals surface area contributed by atoms with Gasteiger partial charge in [-0.25, -0.2) is 10.5 Å². The molecule has 0 atom stereocenters. The first-order valence-corrected chi connectivity index (χ1v) is 3.91. The van der Waals surface area contributed by atoms with Crippen LogP contribution in [0.5, 0.6) is 5.75 Å². The predicted molar refractivity (Wildman–Crippen MR) is 49.3 cm³/mol. The first kappa shape index (κ1) is 11.2. The molecule has 0 heterocycles. The van der Waals surface area contributed by atoms with Gasteiger partial charge in [-0.05, 0) is 12.1 Å². The highest BCUT2D eigenvalue weighted by atomic mass is 19.3. The summed E-state index contributed by atoms with van der Waals surface area (Å²) in [4.78, 5) is 3.61. The maximum Gasteiger partial charge on any atom is 0.387 e. The summed E-state index contributed by atoms with van der Waals surface area (Å²) in [6.45, 7) is -2.94. The van der Waals surface area contributed by atoms with Crippen molar-refractivity contribution in [3.05, 3.63) is 24.3 Å². The molecular formula is C8H9F2N3O2. The second-order valence-electron chi connectivity index (χ2n) is 2.46. The Morgan fingerprint density at radius 2 is 2.13 bits per heavy atom. The molecule has 4 N–H and O–H groups in total. The van der Waals surface area contributed by atoms with Crippen LogP contribution in [-0.4, -0.2) is 17.8 Å². The first-order valence-electron chi connectivity index (χ1n) is 3.91. The topological polar surface area (TPSA) is 79.9 Å². The minimum absolute atomic E-state index is 0.0943. The fourth-order valence-electron chi connectivity index (χ4n) is 0.900. The van der Waals surface area contributed by atoms with E-state index in [1.807, 2.05) is 0 Å². The van der Waals surface area contributed by atoms with E-state index >= 15 is 0 Å². The largest absolute Gasteiger partial charge is 0.433 e. The number of rotatable bonds is 3. The number of hydrogen-bond acceptors (Lipinski definition) is 3. The molecule has 0 aliphatic carbocycles. The van der Waals surface area contributed by atoms with Gasteiger partial charge in [0.1, 0.15) is 5.69 Å². The van der Waals surface area contributed by atoms with Crippen LogP contribution in [-0.2, 0) is 0 Å². The third-order valence-electron chi connectivity index (χ3n) is 1.44. The van der Waals surface area contributed by atoms with Crippen molar-refractivity contribution >= 4 is 11.6 Å². The van der Waals surface area contributed by atoms with E-state index in [0.717, 1.165) is 0 Å². The zero-order valence-corrected chi connectivity index (χ0v) is 7.52. The van der Waals surface area contributed by atoms with Gasteiger partial charge in [-0.15, -0.1) is 0 Å². The second-order valence-corrected chi connectivity index (χ2v) is 2.46. The maximum atomic E-state index is 12.0. The molecule has 5 nitrogen and oxygen atoms in total. The van der Waals surface area contributed by atoms with Crippen molar-refractivity contribution < 1.29 is 18.7 Å². The number of hydrogen-bond donors (Lipinski definition) is 3. The van der Waals surface area contributed by atoms with Gasteiger partial charge in [0.25, 0.3) is 0 Å². The van der Waals surface area contributed by atoms with Gasteiger partial charge in [0, 0.05) is 0 Å². The van der Waals surface area contributed by atoms with Crippen LogP contribution < -0.4 is 16.0 Å². The lowest BCUT2D eigenvalue weighted by Gasteiger charge is -2.07. The van der Waals surface area contributed by atoms with Crippen LogP contribution in [0.4, 0.5) is 14.5 Å². The molecule has 7 heteroatoms. The van der Waals surface area contributed by atoms with E-state index in [1.165, 1.54) is 18.2 Å². The summed E-state index contributed by atoms with van der Waals surface area (Å²) in [7, 11) is 0. The molecule has 0 spiro atoms. The van der Waals surface area contributed by atoms with E-state index in [-0.39, 0.29) is 17.4 Å². The lowest BCUT2D eigenvalue weighted by Crippen LogP contribution is -2.27. The summed E-state index contributed by atoms with van der Waals surface area (Å²) in [6, 6.07) is 5.82. The van der Waals surface area contributed by atoms with Crippen molar-refractivity contribution in [2.75, 3.05) is 0 Å². The molecule has 0 radical (unpaired) electrons. The van der Waals surface area contributed by atoms with E-state index in [1.54, 1.807) is 11.5 Å². The van der Waals surface area contributed by atoms with Crippen molar-refractivity contribution in [2.45, 2.75) is 6.61 Å². The molecule has 1 rings (SSSR count). The Morgan fingerprint density at radius 1 is 1.47 bits per heavy atom. The number of aliphatic imine (C=N–C) groups is 1. The number of nitrogens with zero attached hydrogens (tertiary/aromatic N) is 1. The average Bonchev–Trinajstić information content (AvgIpc) is 2.20. The number of benzene rings is 1. The molecule has 0 fully saturated rings. The average molecular weight is 217 g/mol. The number of nitrogens with two attached hydrogens (primary N) is 1. The molecule has 0 aromatic heterocycles. The molecule has 0 saturated heterocycles. The van der Waals surface area contributed by atoms with Crippen molar-refractivity contribution in [1.82, 2.24) is 5.48 Å². The third-order valence-corrected chi connectivity index (χ3v) is 1.44. The smallest absolute Gasteiger partial charge is 0.387 e. The van der Waals surface area contributed by atoms with E-state index in [4.69, 9.17) is 10.9 Å². The Balaban J connectivity index is 2.96. The highest BCUT2D eigenvalue weighted by Gasteiger charge is 2.08. The SMILES string of the molecule is NC(=Nc1ccccc1OC(F)F)NO. The lowest BCUT2D eigenvalue weighted by atomic mass is 10.3. The van der Waals surface area contributed by atoms with Crippen molar-refractivity contribution in [3.8, 4) is 5.75 Å². The van der Waals surface area contributed by atoms with Crippen molar-refractivity contribution in [1.29, 1.82) is 0 Å². The summed E-state index contributed by atoms with van der Waals surface area (Å²) in [5, 5.41) is 8.37. The van der Waals surface area contributed by atoms with Gasteiger partial charge in [-0.1, -0.05) is 12.1 Å². The Kier molecular flexibility index (Phi) is 3.81. The maximum absolute atomic E-state index is 12.0. The van der Waals surface area contributed by atoms with Crippen molar-refractivity contribution in [3.63, 3.8) is 0 Å². The van der Waals surface area contributed by atoms with Crippen LogP contribution in [0.15, 0.2) is 29.3 Å². The Labute approximate surface area is 84.1 Å². The molecule has 0 unspecified atom stereocenters. The van der Waals surface area contributed by atoms with Crippen LogP contribution in [0.25, 0.3) is 0 Å². The molecule has 82 valence electrons. The van der Waals surface area contributed by atoms with Gasteiger partial charge in [-0.2, -0.15) is 8.78 Å². The van der Waals surface area contributed by atoms with Gasteiger partial charge in [0.15, 0.2) is 5.75 Å². The highest BCUT2D eigenvalue weighted by Crippen LogP contribution is 2.27. The quantitative estimate of drug-likeness (QED) is 0.404. The van der Waals surface area contributed by atoms with Gasteiger partial charge >= 0.3 is 6.61 Å². The molecule has 0 amide bonds. The van der Waals surface area contributed by atoms with E-state index < -0.39 is 6.61 Å². The fourth-order valence-corrected chi connectivity index (χ4v) is 0.900. The van der Waals surface area contributed by atoms with Crippen LogP contribution in [0.3, 0.4) is 0 Å². The van der Waals surface area contributed by atoms with Crippen LogP contribution in [0.2, 0.25) is 0 Å². The van der Waals surface area contributed by atoms with E-state index in [9.17, 15) is 8.78 Å². The Bertz CT molecular complexity index is 357. The molecule has 1 aromatic rings. The molecule has 1 aromatic carbocycles. The van der Waals surface area contributed by atoms with Crippen molar-refractivity contribution in [2.24, 2.45) is 10.7 Å². The Morgan fingerprint density at radius 3 is 2.73 bits per heavy atom. The van der Waals surface area contributed by atoms with Gasteiger partial charge in [0.2, 0.25) is 5.96 Å². The minimum atomic E-state index is -2.94. The molecule has 0 aliphatic heterocycles. The monoisotopic (exact) mass is 217 g/mol. The summed E-state index contributed by atoms with van der Waals surface area (Å²) in [5.41, 5.74) is 6.82. The van der Waals surface area contributed by atoms with Crippen LogP contribution in [0, 0.1) is 0 Å². The summed E-state index contributed by atoms with van der Waals surface area (Å²) < 4.78 is 28.1. The molecule has 0 aliphatic rings. The zero-order valence-electron chi connectivity index (χ0n) is 7.52. The number of guanidine groups is 1. The molecule has 15 heavy (non-hydrogen) atoms.